The molecule has 0 unspecified atom stereocenters. The molecule has 0 aliphatic rings. The molecular formula is C18H21F3N4O3. The van der Waals surface area contributed by atoms with E-state index in [1.807, 2.05) is 0 Å². The van der Waals surface area contributed by atoms with Crippen molar-refractivity contribution in [2.24, 2.45) is 0 Å². The van der Waals surface area contributed by atoms with Gasteiger partial charge in [0.05, 0.1) is 31.1 Å². The molecule has 0 aliphatic heterocycles. The van der Waals surface area contributed by atoms with Crippen LogP contribution in [0.3, 0.4) is 0 Å². The lowest BCUT2D eigenvalue weighted by molar-refractivity contribution is -0.137. The van der Waals surface area contributed by atoms with Gasteiger partial charge in [-0.05, 0) is 32.0 Å². The van der Waals surface area contributed by atoms with Crippen LogP contribution < -0.4 is 10.1 Å². The van der Waals surface area contributed by atoms with Crippen LogP contribution in [-0.2, 0) is 11.0 Å². The fourth-order valence-corrected chi connectivity index (χ4v) is 2.52. The number of methoxy groups -OCH3 is 1. The van der Waals surface area contributed by atoms with Gasteiger partial charge in [-0.15, -0.1) is 0 Å². The third-order valence-electron chi connectivity index (χ3n) is 3.92. The van der Waals surface area contributed by atoms with Gasteiger partial charge < -0.3 is 15.0 Å². The summed E-state index contributed by atoms with van der Waals surface area (Å²) < 4.78 is 45.1. The van der Waals surface area contributed by atoms with Crippen LogP contribution in [0.1, 0.15) is 29.9 Å². The summed E-state index contributed by atoms with van der Waals surface area (Å²) in [5.74, 6) is -0.790. The second-order valence-electron chi connectivity index (χ2n) is 5.81. The molecule has 10 heteroatoms. The number of rotatable bonds is 7. The van der Waals surface area contributed by atoms with E-state index in [0.29, 0.717) is 6.54 Å². The quantitative estimate of drug-likeness (QED) is 0.778. The Morgan fingerprint density at radius 3 is 2.57 bits per heavy atom. The molecule has 2 aromatic rings. The van der Waals surface area contributed by atoms with E-state index in [0.717, 1.165) is 16.8 Å². The zero-order valence-electron chi connectivity index (χ0n) is 15.7. The number of halogens is 3. The molecule has 0 radical (unpaired) electrons. The van der Waals surface area contributed by atoms with Gasteiger partial charge in [-0.25, -0.2) is 4.68 Å². The Labute approximate surface area is 160 Å². The molecule has 1 heterocycles. The monoisotopic (exact) mass is 398 g/mol. The van der Waals surface area contributed by atoms with Crippen LogP contribution in [-0.4, -0.2) is 53.2 Å². The fraction of sp³-hybridized carbons (Fsp3) is 0.389. The van der Waals surface area contributed by atoms with Crippen molar-refractivity contribution >= 4 is 11.8 Å². The molecule has 1 N–H and O–H groups in total. The molecule has 1 aromatic carbocycles. The number of nitrogens with one attached hydrogen (secondary N) is 1. The first kappa shape index (κ1) is 21.3. The van der Waals surface area contributed by atoms with Crippen LogP contribution in [0.4, 0.5) is 13.2 Å². The number of aromatic nitrogens is 2. The number of likely N-dealkylation sites (N-methyl/N-ethyl adjacent to an activating group) is 2. The SMILES string of the molecule is CCNC(=O)CN(CC)C(=O)c1nn(-c2cccc(C(F)(F)F)c2)cc1OC. The highest BCUT2D eigenvalue weighted by atomic mass is 19.4. The number of hydrogen-bond donors (Lipinski definition) is 1. The normalized spacial score (nSPS) is 11.2. The molecule has 0 fully saturated rings. The molecule has 0 spiro atoms. The van der Waals surface area contributed by atoms with E-state index < -0.39 is 17.6 Å². The minimum atomic E-state index is -4.50. The Morgan fingerprint density at radius 1 is 1.29 bits per heavy atom. The molecule has 2 rings (SSSR count). The number of alkyl halides is 3. The first-order valence-corrected chi connectivity index (χ1v) is 8.58. The average molecular weight is 398 g/mol. The van der Waals surface area contributed by atoms with Gasteiger partial charge in [0.2, 0.25) is 5.91 Å². The summed E-state index contributed by atoms with van der Waals surface area (Å²) in [5, 5.41) is 6.70. The zero-order valence-corrected chi connectivity index (χ0v) is 15.7. The second kappa shape index (κ2) is 8.77. The molecule has 28 heavy (non-hydrogen) atoms. The number of carbonyl (C=O) groups is 2. The van der Waals surface area contributed by atoms with E-state index in [2.05, 4.69) is 10.4 Å². The fourth-order valence-electron chi connectivity index (χ4n) is 2.52. The van der Waals surface area contributed by atoms with E-state index in [4.69, 9.17) is 4.74 Å². The summed E-state index contributed by atoms with van der Waals surface area (Å²) >= 11 is 0. The summed E-state index contributed by atoms with van der Waals surface area (Å²) in [4.78, 5) is 25.8. The summed E-state index contributed by atoms with van der Waals surface area (Å²) in [6.07, 6.45) is -3.18. The molecule has 152 valence electrons. The van der Waals surface area contributed by atoms with Crippen molar-refractivity contribution in [3.8, 4) is 11.4 Å². The number of benzene rings is 1. The number of amides is 2. The van der Waals surface area contributed by atoms with Gasteiger partial charge in [0.1, 0.15) is 0 Å². The number of nitrogens with zero attached hydrogens (tertiary/aromatic N) is 3. The molecular weight excluding hydrogens is 377 g/mol. The van der Waals surface area contributed by atoms with Crippen molar-refractivity contribution in [1.29, 1.82) is 0 Å². The van der Waals surface area contributed by atoms with Gasteiger partial charge in [-0.2, -0.15) is 18.3 Å². The van der Waals surface area contributed by atoms with Gasteiger partial charge in [0, 0.05) is 13.1 Å². The summed E-state index contributed by atoms with van der Waals surface area (Å²) in [7, 11) is 1.32. The Morgan fingerprint density at radius 2 is 2.00 bits per heavy atom. The van der Waals surface area contributed by atoms with Crippen LogP contribution in [0.25, 0.3) is 5.69 Å². The first-order chi connectivity index (χ1) is 13.2. The molecule has 2 amide bonds. The van der Waals surface area contributed by atoms with Crippen molar-refractivity contribution in [2.45, 2.75) is 20.0 Å². The van der Waals surface area contributed by atoms with Gasteiger partial charge in [0.15, 0.2) is 11.4 Å². The van der Waals surface area contributed by atoms with Crippen molar-refractivity contribution in [2.75, 3.05) is 26.7 Å². The third kappa shape index (κ3) is 4.81. The standard InChI is InChI=1S/C18H21F3N4O3/c1-4-22-15(26)11-24(5-2)17(27)16-14(28-3)10-25(23-16)13-8-6-7-12(9-13)18(19,20)21/h6-10H,4-5,11H2,1-3H3,(H,22,26). The van der Waals surface area contributed by atoms with Gasteiger partial charge in [0.25, 0.3) is 5.91 Å². The molecule has 0 aliphatic carbocycles. The number of hydrogen-bond acceptors (Lipinski definition) is 4. The van der Waals surface area contributed by atoms with E-state index in [-0.39, 0.29) is 36.1 Å². The highest BCUT2D eigenvalue weighted by Crippen LogP contribution is 2.31. The maximum atomic E-state index is 12.9. The minimum absolute atomic E-state index is 0.0916. The van der Waals surface area contributed by atoms with E-state index in [1.165, 1.54) is 30.3 Å². The lowest BCUT2D eigenvalue weighted by Crippen LogP contribution is -2.40. The van der Waals surface area contributed by atoms with Gasteiger partial charge in [-0.1, -0.05) is 6.07 Å². The van der Waals surface area contributed by atoms with E-state index >= 15 is 0 Å². The van der Waals surface area contributed by atoms with Crippen LogP contribution in [0.2, 0.25) is 0 Å². The van der Waals surface area contributed by atoms with Crippen LogP contribution in [0, 0.1) is 0 Å². The van der Waals surface area contributed by atoms with Crippen molar-refractivity contribution < 1.29 is 27.5 Å². The van der Waals surface area contributed by atoms with Crippen molar-refractivity contribution in [3.63, 3.8) is 0 Å². The summed E-state index contributed by atoms with van der Waals surface area (Å²) in [6, 6.07) is 4.55. The lowest BCUT2D eigenvalue weighted by Gasteiger charge is -2.19. The van der Waals surface area contributed by atoms with Crippen molar-refractivity contribution in [3.05, 3.63) is 41.7 Å². The number of carbonyl (C=O) groups excluding carboxylic acids is 2. The smallest absolute Gasteiger partial charge is 0.416 e. The predicted octanol–water partition coefficient (Wildman–Crippen LogP) is 2.50. The van der Waals surface area contributed by atoms with E-state index in [9.17, 15) is 22.8 Å². The average Bonchev–Trinajstić information content (AvgIpc) is 3.09. The maximum Gasteiger partial charge on any atom is 0.416 e. The molecule has 1 aromatic heterocycles. The molecule has 0 saturated heterocycles. The highest BCUT2D eigenvalue weighted by Gasteiger charge is 2.31. The lowest BCUT2D eigenvalue weighted by atomic mass is 10.2. The Bertz CT molecular complexity index is 849. The largest absolute Gasteiger partial charge is 0.493 e. The molecule has 7 nitrogen and oxygen atoms in total. The van der Waals surface area contributed by atoms with Gasteiger partial charge >= 0.3 is 6.18 Å². The Kier molecular flexibility index (Phi) is 6.66. The maximum absolute atomic E-state index is 12.9. The molecule has 0 saturated carbocycles. The van der Waals surface area contributed by atoms with Gasteiger partial charge in [-0.3, -0.25) is 9.59 Å². The predicted molar refractivity (Wildman–Crippen MR) is 95.4 cm³/mol. The Balaban J connectivity index is 2.36. The van der Waals surface area contributed by atoms with Crippen LogP contribution >= 0.6 is 0 Å². The second-order valence-corrected chi connectivity index (χ2v) is 5.81. The Hall–Kier alpha value is -3.04. The summed E-state index contributed by atoms with van der Waals surface area (Å²) in [6.45, 7) is 3.97. The minimum Gasteiger partial charge on any atom is -0.493 e. The zero-order chi connectivity index (χ0) is 20.9. The molecule has 0 bridgehead atoms. The van der Waals surface area contributed by atoms with Crippen molar-refractivity contribution in [1.82, 2.24) is 20.0 Å². The number of ether oxygens (including phenoxy) is 1. The van der Waals surface area contributed by atoms with E-state index in [1.54, 1.807) is 13.8 Å². The topological polar surface area (TPSA) is 76.5 Å². The van der Waals surface area contributed by atoms with Crippen LogP contribution in [0.15, 0.2) is 30.5 Å². The van der Waals surface area contributed by atoms with Crippen LogP contribution in [0.5, 0.6) is 5.75 Å². The summed E-state index contributed by atoms with van der Waals surface area (Å²) in [5.41, 5.74) is -0.802. The third-order valence-corrected chi connectivity index (χ3v) is 3.92. The first-order valence-electron chi connectivity index (χ1n) is 8.58. The molecule has 0 atom stereocenters. The highest BCUT2D eigenvalue weighted by molar-refractivity contribution is 5.97.